The molecule has 8 aromatic heterocycles. The lowest BCUT2D eigenvalue weighted by Crippen LogP contribution is -2.35. The Hall–Kier alpha value is -14.0. The van der Waals surface area contributed by atoms with E-state index in [-0.39, 0.29) is 118 Å². The number of hydrogen-bond donors (Lipinski definition) is 13. The number of fused-ring (bicyclic) bond motifs is 4. The molecule has 0 fully saturated rings. The first-order valence-corrected chi connectivity index (χ1v) is 47.5. The van der Waals surface area contributed by atoms with Crippen LogP contribution in [0.25, 0.3) is 66.4 Å². The van der Waals surface area contributed by atoms with Crippen molar-refractivity contribution in [1.29, 1.82) is 0 Å². The fraction of sp³-hybridized carbons (Fsp3) is 0.0256. The Morgan fingerprint density at radius 2 is 0.594 bits per heavy atom. The van der Waals surface area contributed by atoms with Gasteiger partial charge in [-0.25, -0.2) is 127 Å². The molecule has 55 heteroatoms. The number of methoxy groups -OCH3 is 1. The molecule has 0 spiro atoms. The van der Waals surface area contributed by atoms with E-state index in [2.05, 4.69) is 46.5 Å². The zero-order valence-electron chi connectivity index (χ0n) is 66.1. The molecule has 0 aliphatic carbocycles. The first-order chi connectivity index (χ1) is 62.9. The summed E-state index contributed by atoms with van der Waals surface area (Å²) in [5.41, 5.74) is -6.68. The molecule has 0 radical (unpaired) electrons. The standard InChI is InChI=1S/C20H15ClFN5O5S2.C20H14ClFN4O6S2.C19H11Cl2FN4O5S2.C19H12ClFN4O5S2/c1-23-10-2-4-12-14(9-10)25-20(30)27(18(12)28)15-5-3-11(8-13(15)22)24-19(29)26-34(31,32)17-7-6-16(21)33-17;1-32-11-3-4-12-14(9-11)24-20(29)26(18(12)27)15-5-2-10(8-13(15)22)23-19(28)25-34(30,31)17-7-6-16(21)33-17;20-9-1-3-11-13(7-9)24-19(29)26(17(11)27)14-4-2-10(8-12(14)22)23-18(28)25-33(30,31)16-6-5-15(21)32-16;20-15-7-8-16(31-15)32(29,30)24-18(27)22-10-5-6-14(12(21)9-10)25-17(26)11-3-1-2-4-13(11)23-19(25)28/h2-9,23H,1H3,(H,25,30)(H2,24,26,29);2-9H,1H3,(H,24,29)(H2,23,25,28);1-8H,(H,24,29)(H2,23,25,28);1-9H,(H,23,28)(H2,22,24,27). The molecule has 0 aliphatic heterocycles. The second-order valence-electron chi connectivity index (χ2n) is 26.6. The van der Waals surface area contributed by atoms with E-state index in [9.17, 15) is 109 Å². The van der Waals surface area contributed by atoms with Crippen molar-refractivity contribution in [2.24, 2.45) is 0 Å². The van der Waals surface area contributed by atoms with Gasteiger partial charge >= 0.3 is 46.9 Å². The maximum Gasteiger partial charge on any atom is 0.333 e. The molecule has 16 aromatic rings. The Kier molecular flexibility index (Phi) is 28.7. The van der Waals surface area contributed by atoms with Crippen LogP contribution in [0.5, 0.6) is 5.75 Å². The van der Waals surface area contributed by atoms with Gasteiger partial charge in [0, 0.05) is 46.6 Å². The van der Waals surface area contributed by atoms with Crippen LogP contribution in [0.4, 0.5) is 65.2 Å². The molecular weight excluding hydrogens is 2020 g/mol. The zero-order valence-corrected chi connectivity index (χ0v) is 76.4. The maximum atomic E-state index is 14.8. The highest BCUT2D eigenvalue weighted by atomic mass is 35.5. The van der Waals surface area contributed by atoms with Crippen LogP contribution < -0.4 is 95.2 Å². The van der Waals surface area contributed by atoms with Gasteiger partial charge in [0.25, 0.3) is 62.3 Å². The number of carbonyl (C=O) groups is 4. The molecule has 13 N–H and O–H groups in total. The van der Waals surface area contributed by atoms with Crippen LogP contribution in [0, 0.1) is 23.3 Å². The van der Waals surface area contributed by atoms with Crippen molar-refractivity contribution < 1.29 is 75.1 Å². The second kappa shape index (κ2) is 39.6. The average Bonchev–Trinajstić information content (AvgIpc) is 1.34. The number of H-pyrrole nitrogens is 4. The Morgan fingerprint density at radius 3 is 0.887 bits per heavy atom. The van der Waals surface area contributed by atoms with Gasteiger partial charge in [-0.2, -0.15) is 0 Å². The van der Waals surface area contributed by atoms with Crippen molar-refractivity contribution in [3.8, 4) is 28.5 Å². The van der Waals surface area contributed by atoms with Gasteiger partial charge in [0.1, 0.15) is 45.9 Å². The summed E-state index contributed by atoms with van der Waals surface area (Å²) in [6.45, 7) is 0. The SMILES string of the molecule is CNc1ccc2c(=O)n(-c3ccc(NC(=O)NS(=O)(=O)c4ccc(Cl)s4)cc3F)c(=O)[nH]c2c1.COc1ccc2c(=O)n(-c3ccc(NC(=O)NS(=O)(=O)c4ccc(Cl)s4)cc3F)c(=O)[nH]c2c1.O=C(Nc1ccc(-n2c(=O)[nH]c3cc(Cl)ccc3c2=O)c(F)c1)NS(=O)(=O)c1ccc(Cl)s1.O=C(Nc1ccc(-n2c(=O)[nH]c3ccccc3c2=O)c(F)c1)NS(=O)(=O)c1ccc(Cl)s1. The van der Waals surface area contributed by atoms with Crippen LogP contribution in [0.15, 0.2) is 255 Å². The van der Waals surface area contributed by atoms with Gasteiger partial charge in [-0.05, 0) is 182 Å². The Bertz CT molecular complexity index is 8270. The van der Waals surface area contributed by atoms with Gasteiger partial charge in [0.2, 0.25) is 0 Å². The molecule has 133 heavy (non-hydrogen) atoms. The van der Waals surface area contributed by atoms with Gasteiger partial charge < -0.3 is 51.3 Å². The van der Waals surface area contributed by atoms with Gasteiger partial charge in [-0.15, -0.1) is 45.3 Å². The Morgan fingerprint density at radius 1 is 0.323 bits per heavy atom. The second-order valence-corrected chi connectivity index (χ2v) is 41.5. The smallest absolute Gasteiger partial charge is 0.333 e. The fourth-order valence-electron chi connectivity index (χ4n) is 12.1. The lowest BCUT2D eigenvalue weighted by molar-refractivity contribution is 0.255. The quantitative estimate of drug-likeness (QED) is 0.0355. The highest BCUT2D eigenvalue weighted by Crippen LogP contribution is 2.32. The molecule has 38 nitrogen and oxygen atoms in total. The number of sulfonamides is 4. The monoisotopic (exact) mass is 2070 g/mol. The van der Waals surface area contributed by atoms with Crippen molar-refractivity contribution >= 4 is 240 Å². The Labute approximate surface area is 780 Å². The van der Waals surface area contributed by atoms with Crippen molar-refractivity contribution in [3.05, 3.63) is 329 Å². The molecule has 0 atom stereocenters. The summed E-state index contributed by atoms with van der Waals surface area (Å²) in [6, 6.07) is 38.1. The molecule has 0 unspecified atom stereocenters. The minimum atomic E-state index is -4.18. The van der Waals surface area contributed by atoms with Crippen LogP contribution in [0.2, 0.25) is 22.4 Å². The zero-order chi connectivity index (χ0) is 96.2. The van der Waals surface area contributed by atoms with Gasteiger partial charge in [-0.1, -0.05) is 70.1 Å². The number of hydrogen-bond acceptors (Lipinski definition) is 26. The number of amides is 8. The Balaban J connectivity index is 0.000000151. The number of anilines is 5. The lowest BCUT2D eigenvalue weighted by atomic mass is 10.2. The molecule has 0 aliphatic rings. The first kappa shape index (κ1) is 96.5. The van der Waals surface area contributed by atoms with E-state index in [1.54, 1.807) is 56.3 Å². The largest absolute Gasteiger partial charge is 0.497 e. The van der Waals surface area contributed by atoms with Crippen molar-refractivity contribution in [1.82, 2.24) is 57.1 Å². The van der Waals surface area contributed by atoms with Gasteiger partial charge in [-0.3, -0.25) is 19.2 Å². The highest BCUT2D eigenvalue weighted by molar-refractivity contribution is 7.93. The van der Waals surface area contributed by atoms with E-state index in [1.807, 2.05) is 0 Å². The third kappa shape index (κ3) is 22.1. The summed E-state index contributed by atoms with van der Waals surface area (Å²) in [4.78, 5) is 159. The topological polar surface area (TPSA) is 542 Å². The van der Waals surface area contributed by atoms with Crippen molar-refractivity contribution in [2.45, 2.75) is 16.8 Å². The van der Waals surface area contributed by atoms with Crippen LogP contribution in [-0.2, 0) is 40.1 Å². The van der Waals surface area contributed by atoms with Crippen LogP contribution in [0.1, 0.15) is 0 Å². The molecule has 0 bridgehead atoms. The van der Waals surface area contributed by atoms with E-state index in [0.717, 1.165) is 93.9 Å². The number of aromatic amines is 4. The third-order valence-electron chi connectivity index (χ3n) is 17.9. The van der Waals surface area contributed by atoms with Gasteiger partial charge in [0.15, 0.2) is 0 Å². The number of nitrogens with one attached hydrogen (secondary N) is 13. The third-order valence-corrected chi connectivity index (χ3v) is 30.4. The number of rotatable bonds is 18. The molecule has 8 aromatic carbocycles. The highest BCUT2D eigenvalue weighted by Gasteiger charge is 2.28. The molecule has 686 valence electrons. The normalized spacial score (nSPS) is 11.4. The summed E-state index contributed by atoms with van der Waals surface area (Å²) >= 11 is 31.7. The molecule has 0 saturated heterocycles. The predicted octanol–water partition coefficient (Wildman–Crippen LogP) is 12.9. The van der Waals surface area contributed by atoms with Gasteiger partial charge in [0.05, 0.1) is 90.8 Å². The predicted molar refractivity (Wildman–Crippen MR) is 496 cm³/mol. The number of benzene rings is 8. The van der Waals surface area contributed by atoms with Crippen molar-refractivity contribution in [2.75, 3.05) is 40.7 Å². The fourth-order valence-corrected chi connectivity index (χ4v) is 21.8. The van der Waals surface area contributed by atoms with Crippen LogP contribution in [0.3, 0.4) is 0 Å². The van der Waals surface area contributed by atoms with Crippen LogP contribution in [-0.4, -0.2) is 110 Å². The summed E-state index contributed by atoms with van der Waals surface area (Å²) in [5, 5.41) is 12.5. The minimum Gasteiger partial charge on any atom is -0.497 e. The van der Waals surface area contributed by atoms with E-state index in [1.165, 1.54) is 128 Å². The lowest BCUT2D eigenvalue weighted by Gasteiger charge is -2.11. The first-order valence-electron chi connectivity index (χ1n) is 36.4. The summed E-state index contributed by atoms with van der Waals surface area (Å²) in [5.74, 6) is -3.58. The number of para-hydroxylation sites is 1. The van der Waals surface area contributed by atoms with Crippen molar-refractivity contribution in [3.63, 3.8) is 0 Å². The summed E-state index contributed by atoms with van der Waals surface area (Å²) in [7, 11) is -13.6. The number of nitrogens with zero attached hydrogens (tertiary/aromatic N) is 4. The molecule has 8 heterocycles. The van der Waals surface area contributed by atoms with E-state index in [0.29, 0.717) is 40.2 Å². The molecule has 8 amide bonds. The van der Waals surface area contributed by atoms with E-state index in [4.69, 9.17) is 62.7 Å². The number of carbonyl (C=O) groups excluding carboxylic acids is 4. The average molecular weight is 2070 g/mol. The number of halogens is 9. The van der Waals surface area contributed by atoms with Crippen LogP contribution >= 0.6 is 103 Å². The minimum absolute atomic E-state index is 0.103. The van der Waals surface area contributed by atoms with E-state index < -0.39 is 132 Å². The molecule has 0 saturated carbocycles. The molecule has 16 rings (SSSR count). The number of aromatic nitrogens is 8. The number of ether oxygens (including phenoxy) is 1. The number of urea groups is 4. The molecular formula is C78H52Cl5F4N17O21S8. The summed E-state index contributed by atoms with van der Waals surface area (Å²) in [6.07, 6.45) is 0. The maximum absolute atomic E-state index is 14.8. The van der Waals surface area contributed by atoms with E-state index >= 15 is 0 Å². The number of thiophene rings is 4. The summed E-state index contributed by atoms with van der Waals surface area (Å²) < 4.78 is 171.